The zero-order valence-electron chi connectivity index (χ0n) is 13.4. The number of nitrogens with zero attached hydrogens (tertiary/aromatic N) is 1. The highest BCUT2D eigenvalue weighted by Crippen LogP contribution is 2.18. The van der Waals surface area contributed by atoms with Gasteiger partial charge in [-0.1, -0.05) is 34.1 Å². The molecule has 0 radical (unpaired) electrons. The normalized spacial score (nSPS) is 10.6. The molecule has 23 heavy (non-hydrogen) atoms. The van der Waals surface area contributed by atoms with E-state index < -0.39 is 0 Å². The Morgan fingerprint density at radius 3 is 2.70 bits per heavy atom. The molecule has 0 aliphatic heterocycles. The molecule has 0 heterocycles. The van der Waals surface area contributed by atoms with Gasteiger partial charge in [0.1, 0.15) is 5.75 Å². The Morgan fingerprint density at radius 2 is 1.96 bits per heavy atom. The quantitative estimate of drug-likeness (QED) is 0.795. The van der Waals surface area contributed by atoms with Crippen LogP contribution in [-0.2, 0) is 11.3 Å². The smallest absolute Gasteiger partial charge is 0.227 e. The van der Waals surface area contributed by atoms with Crippen LogP contribution in [-0.4, -0.2) is 31.5 Å². The molecule has 2 aromatic carbocycles. The lowest BCUT2D eigenvalue weighted by molar-refractivity contribution is -0.116. The second kappa shape index (κ2) is 8.70. The molecule has 1 N–H and O–H groups in total. The Morgan fingerprint density at radius 1 is 1.17 bits per heavy atom. The summed E-state index contributed by atoms with van der Waals surface area (Å²) in [4.78, 5) is 14.1. The molecule has 2 aromatic rings. The van der Waals surface area contributed by atoms with Gasteiger partial charge in [0.2, 0.25) is 5.91 Å². The van der Waals surface area contributed by atoms with E-state index in [0.29, 0.717) is 13.0 Å². The van der Waals surface area contributed by atoms with Crippen molar-refractivity contribution in [3.63, 3.8) is 0 Å². The van der Waals surface area contributed by atoms with Crippen LogP contribution in [0.15, 0.2) is 53.0 Å². The summed E-state index contributed by atoms with van der Waals surface area (Å²) in [6, 6.07) is 15.5. The number of anilines is 1. The van der Waals surface area contributed by atoms with Crippen molar-refractivity contribution >= 4 is 27.5 Å². The molecular formula is C18H21BrN2O2. The van der Waals surface area contributed by atoms with Crippen LogP contribution in [0.1, 0.15) is 12.0 Å². The third-order valence-corrected chi connectivity index (χ3v) is 3.60. The first-order valence-corrected chi connectivity index (χ1v) is 8.24. The monoisotopic (exact) mass is 376 g/mol. The van der Waals surface area contributed by atoms with Gasteiger partial charge in [0, 0.05) is 16.7 Å². The van der Waals surface area contributed by atoms with E-state index in [2.05, 4.69) is 26.1 Å². The minimum absolute atomic E-state index is 0.0537. The fraction of sp³-hybridized carbons (Fsp3) is 0.278. The van der Waals surface area contributed by atoms with Gasteiger partial charge in [-0.2, -0.15) is 0 Å². The van der Waals surface area contributed by atoms with E-state index in [4.69, 9.17) is 4.74 Å². The number of carbonyl (C=O) groups excluding carboxylic acids is 1. The second-order valence-electron chi connectivity index (χ2n) is 5.54. The molecule has 0 saturated heterocycles. The molecule has 0 aliphatic carbocycles. The minimum atomic E-state index is -0.0537. The molecule has 0 saturated carbocycles. The van der Waals surface area contributed by atoms with Crippen molar-refractivity contribution < 1.29 is 9.53 Å². The van der Waals surface area contributed by atoms with Crippen molar-refractivity contribution in [3.05, 3.63) is 58.6 Å². The lowest BCUT2D eigenvalue weighted by atomic mass is 10.2. The Kier molecular flexibility index (Phi) is 6.62. The number of hydrogen-bond donors (Lipinski definition) is 1. The highest BCUT2D eigenvalue weighted by Gasteiger charge is 2.04. The van der Waals surface area contributed by atoms with Gasteiger partial charge in [-0.05, 0) is 50.0 Å². The van der Waals surface area contributed by atoms with Gasteiger partial charge < -0.3 is 15.0 Å². The van der Waals surface area contributed by atoms with Gasteiger partial charge in [0.25, 0.3) is 0 Å². The maximum absolute atomic E-state index is 12.0. The number of halogens is 1. The molecule has 1 amide bonds. The number of rotatable bonds is 7. The van der Waals surface area contributed by atoms with Crippen LogP contribution in [0, 0.1) is 0 Å². The molecular weight excluding hydrogens is 356 g/mol. The van der Waals surface area contributed by atoms with Crippen molar-refractivity contribution in [1.82, 2.24) is 4.90 Å². The predicted molar refractivity (Wildman–Crippen MR) is 96.7 cm³/mol. The first-order valence-electron chi connectivity index (χ1n) is 7.45. The number of hydrogen-bond acceptors (Lipinski definition) is 3. The van der Waals surface area contributed by atoms with Crippen molar-refractivity contribution in [2.24, 2.45) is 0 Å². The summed E-state index contributed by atoms with van der Waals surface area (Å²) in [6.45, 7) is 1.19. The Balaban J connectivity index is 1.80. The zero-order chi connectivity index (χ0) is 16.7. The highest BCUT2D eigenvalue weighted by molar-refractivity contribution is 9.10. The van der Waals surface area contributed by atoms with Gasteiger partial charge in [0.15, 0.2) is 0 Å². The number of benzene rings is 2. The summed E-state index contributed by atoms with van der Waals surface area (Å²) in [5.74, 6) is 0.696. The molecule has 4 nitrogen and oxygen atoms in total. The molecule has 0 spiro atoms. The van der Waals surface area contributed by atoms with E-state index in [9.17, 15) is 4.79 Å². The maximum atomic E-state index is 12.0. The topological polar surface area (TPSA) is 41.6 Å². The van der Waals surface area contributed by atoms with Crippen molar-refractivity contribution in [1.29, 1.82) is 0 Å². The van der Waals surface area contributed by atoms with Crippen LogP contribution in [0.25, 0.3) is 0 Å². The van der Waals surface area contributed by atoms with Crippen LogP contribution in [0.2, 0.25) is 0 Å². The summed E-state index contributed by atoms with van der Waals surface area (Å²) < 4.78 is 6.53. The Bertz CT molecular complexity index is 659. The summed E-state index contributed by atoms with van der Waals surface area (Å²) >= 11 is 3.39. The number of amides is 1. The molecule has 0 aliphatic rings. The molecule has 122 valence electrons. The van der Waals surface area contributed by atoms with E-state index in [1.54, 1.807) is 0 Å². The van der Waals surface area contributed by atoms with Crippen molar-refractivity contribution in [2.75, 3.05) is 26.0 Å². The molecule has 0 fully saturated rings. The lowest BCUT2D eigenvalue weighted by Gasteiger charge is -2.11. The molecule has 5 heteroatoms. The largest absolute Gasteiger partial charge is 0.493 e. The van der Waals surface area contributed by atoms with Crippen molar-refractivity contribution in [3.8, 4) is 5.75 Å². The minimum Gasteiger partial charge on any atom is -0.493 e. The Hall–Kier alpha value is -1.85. The Labute approximate surface area is 145 Å². The van der Waals surface area contributed by atoms with Crippen LogP contribution < -0.4 is 10.1 Å². The predicted octanol–water partition coefficient (Wildman–Crippen LogP) is 3.92. The first-order chi connectivity index (χ1) is 11.0. The van der Waals surface area contributed by atoms with E-state index in [0.717, 1.165) is 28.0 Å². The summed E-state index contributed by atoms with van der Waals surface area (Å²) in [5.41, 5.74) is 1.98. The average molecular weight is 377 g/mol. The number of carbonyl (C=O) groups is 1. The lowest BCUT2D eigenvalue weighted by Crippen LogP contribution is -2.16. The van der Waals surface area contributed by atoms with Crippen molar-refractivity contribution in [2.45, 2.75) is 13.0 Å². The van der Waals surface area contributed by atoms with E-state index in [-0.39, 0.29) is 5.91 Å². The van der Waals surface area contributed by atoms with Gasteiger partial charge in [-0.3, -0.25) is 4.79 Å². The molecule has 2 rings (SSSR count). The van der Waals surface area contributed by atoms with Crippen LogP contribution in [0.3, 0.4) is 0 Å². The van der Waals surface area contributed by atoms with E-state index in [1.165, 1.54) is 0 Å². The number of ether oxygens (including phenoxy) is 1. The summed E-state index contributed by atoms with van der Waals surface area (Å²) in [6.07, 6.45) is 0.310. The molecule has 0 aromatic heterocycles. The van der Waals surface area contributed by atoms with Crippen LogP contribution in [0.5, 0.6) is 5.75 Å². The fourth-order valence-corrected chi connectivity index (χ4v) is 2.53. The van der Waals surface area contributed by atoms with E-state index in [1.807, 2.05) is 62.6 Å². The fourth-order valence-electron chi connectivity index (χ4n) is 2.15. The maximum Gasteiger partial charge on any atom is 0.227 e. The van der Waals surface area contributed by atoms with Crippen LogP contribution in [0.4, 0.5) is 5.69 Å². The summed E-state index contributed by atoms with van der Waals surface area (Å²) in [7, 11) is 4.04. The molecule has 0 unspecified atom stereocenters. The summed E-state index contributed by atoms with van der Waals surface area (Å²) in [5, 5.41) is 2.91. The standard InChI is InChI=1S/C18H21BrN2O2/c1-21(2)13-14-5-3-7-16(11-14)20-18(22)9-10-23-17-8-4-6-15(19)12-17/h3-8,11-12H,9-10,13H2,1-2H3,(H,20,22). The van der Waals surface area contributed by atoms with Crippen LogP contribution >= 0.6 is 15.9 Å². The molecule has 0 atom stereocenters. The van der Waals surface area contributed by atoms with Gasteiger partial charge in [0.05, 0.1) is 13.0 Å². The second-order valence-corrected chi connectivity index (χ2v) is 6.46. The number of nitrogens with one attached hydrogen (secondary N) is 1. The molecule has 0 bridgehead atoms. The third kappa shape index (κ3) is 6.42. The van der Waals surface area contributed by atoms with E-state index >= 15 is 0 Å². The highest BCUT2D eigenvalue weighted by atomic mass is 79.9. The van der Waals surface area contributed by atoms with Gasteiger partial charge in [-0.25, -0.2) is 0 Å². The first kappa shape index (κ1) is 17.5. The van der Waals surface area contributed by atoms with Gasteiger partial charge >= 0.3 is 0 Å². The SMILES string of the molecule is CN(C)Cc1cccc(NC(=O)CCOc2cccc(Br)c2)c1. The average Bonchev–Trinajstić information content (AvgIpc) is 2.47. The zero-order valence-corrected chi connectivity index (χ0v) is 15.0. The third-order valence-electron chi connectivity index (χ3n) is 3.10. The van der Waals surface area contributed by atoms with Gasteiger partial charge in [-0.15, -0.1) is 0 Å².